The highest BCUT2D eigenvalue weighted by molar-refractivity contribution is 5.79. The van der Waals surface area contributed by atoms with Crippen molar-refractivity contribution in [1.29, 1.82) is 0 Å². The Morgan fingerprint density at radius 2 is 1.79 bits per heavy atom. The van der Waals surface area contributed by atoms with Crippen molar-refractivity contribution in [3.8, 4) is 0 Å². The highest BCUT2D eigenvalue weighted by Gasteiger charge is 2.60. The van der Waals surface area contributed by atoms with Crippen molar-refractivity contribution in [2.45, 2.75) is 77.9 Å². The van der Waals surface area contributed by atoms with Gasteiger partial charge in [-0.1, -0.05) is 38.7 Å². The summed E-state index contributed by atoms with van der Waals surface area (Å²) in [6.45, 7) is 14.2. The summed E-state index contributed by atoms with van der Waals surface area (Å²) in [7, 11) is 0. The molecule has 0 saturated heterocycles. The van der Waals surface area contributed by atoms with Crippen LogP contribution < -0.4 is 0 Å². The van der Waals surface area contributed by atoms with Crippen LogP contribution in [0.1, 0.15) is 72.1 Å². The number of allylic oxidation sites excluding steroid dienone is 1. The molecule has 4 aliphatic rings. The largest absolute Gasteiger partial charge is 0.460 e. The molecule has 3 nitrogen and oxygen atoms in total. The van der Waals surface area contributed by atoms with E-state index in [9.17, 15) is 4.79 Å². The smallest absolute Gasteiger partial charge is 0.253 e. The fraction of sp³-hybridized carbons (Fsp3) is 0.720. The number of ketones is 1. The van der Waals surface area contributed by atoms with Crippen molar-refractivity contribution in [2.75, 3.05) is 0 Å². The van der Waals surface area contributed by atoms with Gasteiger partial charge in [-0.15, -0.1) is 0 Å². The SMILES string of the molecule is C=COC1(OC=C)CC[C@@]2(C)C(=CC[C@H]3[C@@H]4CC[C@H](C(C)=O)[C@@]4(C)CC[C@@H]32)C1. The Hall–Kier alpha value is -1.51. The first-order valence-corrected chi connectivity index (χ1v) is 11.1. The molecule has 3 fully saturated rings. The Balaban J connectivity index is 1.62. The molecule has 0 aromatic carbocycles. The van der Waals surface area contributed by atoms with E-state index in [1.807, 2.05) is 6.92 Å². The summed E-state index contributed by atoms with van der Waals surface area (Å²) in [5.41, 5.74) is 1.93. The lowest BCUT2D eigenvalue weighted by Crippen LogP contribution is -2.53. The van der Waals surface area contributed by atoms with Gasteiger partial charge in [-0.05, 0) is 74.0 Å². The molecule has 0 radical (unpaired) electrons. The minimum atomic E-state index is -0.641. The van der Waals surface area contributed by atoms with Gasteiger partial charge >= 0.3 is 0 Å². The quantitative estimate of drug-likeness (QED) is 0.323. The van der Waals surface area contributed by atoms with Crippen molar-refractivity contribution < 1.29 is 14.3 Å². The third-order valence-electron chi connectivity index (χ3n) is 9.20. The average molecular weight is 385 g/mol. The van der Waals surface area contributed by atoms with E-state index in [4.69, 9.17) is 9.47 Å². The summed E-state index contributed by atoms with van der Waals surface area (Å²) < 4.78 is 11.7. The molecule has 0 aliphatic heterocycles. The fourth-order valence-corrected chi connectivity index (χ4v) is 7.81. The average Bonchev–Trinajstić information content (AvgIpc) is 3.00. The third kappa shape index (κ3) is 2.72. The predicted molar refractivity (Wildman–Crippen MR) is 111 cm³/mol. The molecule has 0 amide bonds. The number of carbonyl (C=O) groups is 1. The van der Waals surface area contributed by atoms with Gasteiger partial charge in [0.25, 0.3) is 5.79 Å². The molecule has 0 spiro atoms. The highest BCUT2D eigenvalue weighted by Crippen LogP contribution is 2.67. The van der Waals surface area contributed by atoms with E-state index < -0.39 is 5.79 Å². The van der Waals surface area contributed by atoms with Gasteiger partial charge in [0.15, 0.2) is 0 Å². The second-order valence-electron chi connectivity index (χ2n) is 10.2. The van der Waals surface area contributed by atoms with Crippen LogP contribution in [0.3, 0.4) is 0 Å². The van der Waals surface area contributed by atoms with Gasteiger partial charge in [0.2, 0.25) is 0 Å². The number of hydrogen-bond donors (Lipinski definition) is 0. The number of hydrogen-bond acceptors (Lipinski definition) is 3. The second kappa shape index (κ2) is 6.78. The molecule has 6 atom stereocenters. The summed E-state index contributed by atoms with van der Waals surface area (Å²) in [6.07, 6.45) is 14.1. The van der Waals surface area contributed by atoms with Crippen LogP contribution >= 0.6 is 0 Å². The lowest BCUT2D eigenvalue weighted by Gasteiger charge is -2.58. The van der Waals surface area contributed by atoms with Gasteiger partial charge in [-0.3, -0.25) is 4.79 Å². The normalized spacial score (nSPS) is 43.6. The van der Waals surface area contributed by atoms with E-state index in [0.717, 1.165) is 32.1 Å². The fourth-order valence-electron chi connectivity index (χ4n) is 7.81. The minimum Gasteiger partial charge on any atom is -0.460 e. The molecular weight excluding hydrogens is 348 g/mol. The van der Waals surface area contributed by atoms with Crippen molar-refractivity contribution in [3.63, 3.8) is 0 Å². The number of Topliss-reactive ketones (excluding diaryl/α,β-unsaturated/α-hetero) is 1. The second-order valence-corrected chi connectivity index (χ2v) is 10.2. The number of carbonyl (C=O) groups excluding carboxylic acids is 1. The van der Waals surface area contributed by atoms with E-state index in [1.165, 1.54) is 37.4 Å². The van der Waals surface area contributed by atoms with Gasteiger partial charge in [0.05, 0.1) is 12.5 Å². The van der Waals surface area contributed by atoms with Gasteiger partial charge < -0.3 is 9.47 Å². The number of ether oxygens (including phenoxy) is 2. The molecular formula is C25H36O3. The Bertz CT molecular complexity index is 697. The first-order valence-electron chi connectivity index (χ1n) is 11.1. The van der Waals surface area contributed by atoms with Crippen molar-refractivity contribution >= 4 is 5.78 Å². The van der Waals surface area contributed by atoms with E-state index in [0.29, 0.717) is 23.5 Å². The van der Waals surface area contributed by atoms with E-state index in [2.05, 4.69) is 33.1 Å². The summed E-state index contributed by atoms with van der Waals surface area (Å²) in [5, 5.41) is 0. The summed E-state index contributed by atoms with van der Waals surface area (Å²) >= 11 is 0. The zero-order valence-corrected chi connectivity index (χ0v) is 17.8. The lowest BCUT2D eigenvalue weighted by molar-refractivity contribution is -0.198. The van der Waals surface area contributed by atoms with Crippen LogP contribution in [-0.2, 0) is 14.3 Å². The standard InChI is InChI=1S/C25H36O3/c1-6-27-25(28-7-2)15-14-23(4)18(16-25)8-9-19-21-11-10-20(17(3)26)24(21,5)13-12-22(19)23/h6-8,19-22H,1-2,9-16H2,3-5H3/t19-,20+,21-,22-,23-,24+/m0/s1. The zero-order chi connectivity index (χ0) is 20.2. The third-order valence-corrected chi connectivity index (χ3v) is 9.20. The monoisotopic (exact) mass is 384 g/mol. The van der Waals surface area contributed by atoms with Crippen molar-refractivity contribution in [2.24, 2.45) is 34.5 Å². The summed E-state index contributed by atoms with van der Waals surface area (Å²) in [4.78, 5) is 12.3. The van der Waals surface area contributed by atoms with Gasteiger partial charge in [-0.2, -0.15) is 0 Å². The van der Waals surface area contributed by atoms with Crippen LogP contribution in [0.25, 0.3) is 0 Å². The highest BCUT2D eigenvalue weighted by atomic mass is 16.7. The van der Waals surface area contributed by atoms with Crippen LogP contribution in [0.4, 0.5) is 0 Å². The summed E-state index contributed by atoms with van der Waals surface area (Å²) in [6, 6.07) is 0. The first-order chi connectivity index (χ1) is 13.3. The first kappa shape index (κ1) is 19.8. The predicted octanol–water partition coefficient (Wildman–Crippen LogP) is 6.17. The molecule has 4 rings (SSSR count). The minimum absolute atomic E-state index is 0.213. The van der Waals surface area contributed by atoms with E-state index in [1.54, 1.807) is 0 Å². The molecule has 28 heavy (non-hydrogen) atoms. The zero-order valence-electron chi connectivity index (χ0n) is 17.8. The van der Waals surface area contributed by atoms with Gasteiger partial charge in [0.1, 0.15) is 5.78 Å². The van der Waals surface area contributed by atoms with Gasteiger partial charge in [-0.25, -0.2) is 0 Å². The number of rotatable bonds is 5. The van der Waals surface area contributed by atoms with E-state index >= 15 is 0 Å². The number of fused-ring (bicyclic) bond motifs is 5. The Labute approximate surface area is 170 Å². The Kier molecular flexibility index (Phi) is 4.79. The van der Waals surface area contributed by atoms with Crippen LogP contribution in [0.5, 0.6) is 0 Å². The maximum atomic E-state index is 12.3. The molecule has 0 unspecified atom stereocenters. The van der Waals surface area contributed by atoms with E-state index in [-0.39, 0.29) is 16.7 Å². The molecule has 0 heterocycles. The summed E-state index contributed by atoms with van der Waals surface area (Å²) in [5.74, 6) is 2.16. The van der Waals surface area contributed by atoms with Crippen molar-refractivity contribution in [1.82, 2.24) is 0 Å². The molecule has 0 aromatic rings. The molecule has 3 saturated carbocycles. The topological polar surface area (TPSA) is 35.5 Å². The van der Waals surface area contributed by atoms with Crippen LogP contribution in [0, 0.1) is 34.5 Å². The van der Waals surface area contributed by atoms with Gasteiger partial charge in [0, 0.05) is 18.8 Å². The molecule has 0 aromatic heterocycles. The Morgan fingerprint density at radius 3 is 2.43 bits per heavy atom. The van der Waals surface area contributed by atoms with Crippen LogP contribution in [0.2, 0.25) is 0 Å². The van der Waals surface area contributed by atoms with Crippen LogP contribution in [-0.4, -0.2) is 11.6 Å². The lowest BCUT2D eigenvalue weighted by atomic mass is 9.47. The maximum absolute atomic E-state index is 12.3. The maximum Gasteiger partial charge on any atom is 0.253 e. The Morgan fingerprint density at radius 1 is 1.07 bits per heavy atom. The molecule has 3 heteroatoms. The molecule has 154 valence electrons. The van der Waals surface area contributed by atoms with Crippen molar-refractivity contribution in [3.05, 3.63) is 37.3 Å². The molecule has 0 N–H and O–H groups in total. The van der Waals surface area contributed by atoms with Crippen LogP contribution in [0.15, 0.2) is 37.3 Å². The molecule has 4 aliphatic carbocycles. The molecule has 0 bridgehead atoms.